The second-order valence-corrected chi connectivity index (χ2v) is 6.69. The molecule has 23 heavy (non-hydrogen) atoms. The maximum Gasteiger partial charge on any atom is 0.339 e. The minimum Gasteiger partial charge on any atom is -0.490 e. The maximum atomic E-state index is 12.7. The van der Waals surface area contributed by atoms with Crippen LogP contribution >= 0.6 is 0 Å². The van der Waals surface area contributed by atoms with Crippen LogP contribution in [0.25, 0.3) is 0 Å². The molecule has 7 heteroatoms. The molecule has 0 radical (unpaired) electrons. The predicted octanol–water partition coefficient (Wildman–Crippen LogP) is 2.47. The summed E-state index contributed by atoms with van der Waals surface area (Å²) in [5.41, 5.74) is -0.0169. The lowest BCUT2D eigenvalue weighted by Gasteiger charge is -2.09. The van der Waals surface area contributed by atoms with Crippen LogP contribution in [0.1, 0.15) is 10.4 Å². The van der Waals surface area contributed by atoms with E-state index in [2.05, 4.69) is 0 Å². The zero-order valence-corrected chi connectivity index (χ0v) is 13.2. The fraction of sp³-hybridized carbons (Fsp3) is 0.188. The van der Waals surface area contributed by atoms with Crippen molar-refractivity contribution in [1.29, 1.82) is 0 Å². The molecule has 2 aromatic carbocycles. The molecule has 0 fully saturated rings. The number of carbonyl (C=O) groups excluding carboxylic acids is 1. The van der Waals surface area contributed by atoms with Crippen LogP contribution in [-0.4, -0.2) is 33.9 Å². The van der Waals surface area contributed by atoms with Crippen molar-refractivity contribution in [3.05, 3.63) is 59.9 Å². The minimum atomic E-state index is -3.52. The number of sulfone groups is 1. The van der Waals surface area contributed by atoms with Crippen LogP contribution in [0.3, 0.4) is 0 Å². The molecule has 0 atom stereocenters. The second kappa shape index (κ2) is 7.23. The van der Waals surface area contributed by atoms with Crippen molar-refractivity contribution in [3.8, 4) is 5.75 Å². The number of hydrogen-bond donors (Lipinski definition) is 0. The Balaban J connectivity index is 1.92. The van der Waals surface area contributed by atoms with Gasteiger partial charge < -0.3 is 9.47 Å². The summed E-state index contributed by atoms with van der Waals surface area (Å²) in [6.45, 7) is 0.00667. The summed E-state index contributed by atoms with van der Waals surface area (Å²) in [4.78, 5) is 11.9. The molecular formula is C16H15FO5S. The van der Waals surface area contributed by atoms with Gasteiger partial charge in [0.2, 0.25) is 0 Å². The van der Waals surface area contributed by atoms with E-state index in [-0.39, 0.29) is 29.5 Å². The third-order valence-electron chi connectivity index (χ3n) is 2.91. The Kier molecular flexibility index (Phi) is 5.33. The highest BCUT2D eigenvalue weighted by atomic mass is 32.2. The number of benzene rings is 2. The Morgan fingerprint density at radius 3 is 2.35 bits per heavy atom. The first-order chi connectivity index (χ1) is 10.9. The Bertz CT molecular complexity index is 784. The molecule has 0 heterocycles. The molecule has 2 aromatic rings. The van der Waals surface area contributed by atoms with Gasteiger partial charge in [0.25, 0.3) is 0 Å². The quantitative estimate of drug-likeness (QED) is 0.598. The number of carbonyl (C=O) groups is 1. The summed E-state index contributed by atoms with van der Waals surface area (Å²) in [5.74, 6) is -0.672. The lowest BCUT2D eigenvalue weighted by Crippen LogP contribution is -2.15. The Labute approximate surface area is 133 Å². The maximum absolute atomic E-state index is 12.7. The van der Waals surface area contributed by atoms with Crippen LogP contribution in [0, 0.1) is 5.82 Å². The predicted molar refractivity (Wildman–Crippen MR) is 81.7 cm³/mol. The standard InChI is InChI=1S/C16H15FO5S/c1-23(19,20)15-5-3-2-4-14(15)16(18)22-11-10-21-13-8-6-12(17)7-9-13/h2-9H,10-11H2,1H3. The van der Waals surface area contributed by atoms with Gasteiger partial charge in [-0.2, -0.15) is 0 Å². The molecule has 0 saturated carbocycles. The van der Waals surface area contributed by atoms with E-state index in [4.69, 9.17) is 9.47 Å². The summed E-state index contributed by atoms with van der Waals surface area (Å²) in [6, 6.07) is 11.2. The minimum absolute atomic E-state index is 0.0169. The molecule has 2 rings (SSSR count). The Hall–Kier alpha value is -2.41. The molecule has 0 bridgehead atoms. The Morgan fingerprint density at radius 1 is 1.04 bits per heavy atom. The van der Waals surface area contributed by atoms with Gasteiger partial charge in [0.05, 0.1) is 10.5 Å². The van der Waals surface area contributed by atoms with E-state index in [0.29, 0.717) is 5.75 Å². The molecule has 0 amide bonds. The van der Waals surface area contributed by atoms with E-state index < -0.39 is 15.8 Å². The molecule has 5 nitrogen and oxygen atoms in total. The van der Waals surface area contributed by atoms with Gasteiger partial charge in [-0.3, -0.25) is 0 Å². The zero-order valence-electron chi connectivity index (χ0n) is 12.4. The fourth-order valence-electron chi connectivity index (χ4n) is 1.86. The first kappa shape index (κ1) is 17.0. The van der Waals surface area contributed by atoms with E-state index in [0.717, 1.165) is 6.26 Å². The van der Waals surface area contributed by atoms with Crippen molar-refractivity contribution in [3.63, 3.8) is 0 Å². The van der Waals surface area contributed by atoms with Gasteiger partial charge in [-0.1, -0.05) is 12.1 Å². The second-order valence-electron chi connectivity index (χ2n) is 4.71. The van der Waals surface area contributed by atoms with Gasteiger partial charge in [0.1, 0.15) is 24.8 Å². The van der Waals surface area contributed by atoms with Crippen LogP contribution in [0.15, 0.2) is 53.4 Å². The highest BCUT2D eigenvalue weighted by Gasteiger charge is 2.19. The van der Waals surface area contributed by atoms with Crippen molar-refractivity contribution >= 4 is 15.8 Å². The largest absolute Gasteiger partial charge is 0.490 e. The van der Waals surface area contributed by atoms with Gasteiger partial charge in [0, 0.05) is 6.26 Å². The van der Waals surface area contributed by atoms with E-state index in [1.807, 2.05) is 0 Å². The molecule has 122 valence electrons. The third-order valence-corrected chi connectivity index (χ3v) is 4.06. The van der Waals surface area contributed by atoms with Crippen molar-refractivity contribution in [1.82, 2.24) is 0 Å². The van der Waals surface area contributed by atoms with Crippen LogP contribution < -0.4 is 4.74 Å². The molecule has 0 aromatic heterocycles. The topological polar surface area (TPSA) is 69.7 Å². The van der Waals surface area contributed by atoms with Crippen LogP contribution in [-0.2, 0) is 14.6 Å². The smallest absolute Gasteiger partial charge is 0.339 e. The molecular weight excluding hydrogens is 323 g/mol. The molecule has 0 aliphatic rings. The number of hydrogen-bond acceptors (Lipinski definition) is 5. The van der Waals surface area contributed by atoms with E-state index in [9.17, 15) is 17.6 Å². The highest BCUT2D eigenvalue weighted by Crippen LogP contribution is 2.16. The number of rotatable bonds is 6. The molecule has 0 aliphatic heterocycles. The first-order valence-electron chi connectivity index (χ1n) is 6.72. The van der Waals surface area contributed by atoms with Crippen molar-refractivity contribution in [2.45, 2.75) is 4.90 Å². The zero-order chi connectivity index (χ0) is 16.9. The number of esters is 1. The van der Waals surface area contributed by atoms with Crippen molar-refractivity contribution in [2.24, 2.45) is 0 Å². The van der Waals surface area contributed by atoms with E-state index in [1.165, 1.54) is 42.5 Å². The number of halogens is 1. The average molecular weight is 338 g/mol. The summed E-state index contributed by atoms with van der Waals surface area (Å²) < 4.78 is 46.3. The first-order valence-corrected chi connectivity index (χ1v) is 8.61. The van der Waals surface area contributed by atoms with Gasteiger partial charge in [-0.25, -0.2) is 17.6 Å². The monoisotopic (exact) mass is 338 g/mol. The summed E-state index contributed by atoms with van der Waals surface area (Å²) in [7, 11) is -3.52. The molecule has 0 unspecified atom stereocenters. The normalized spacial score (nSPS) is 11.0. The summed E-state index contributed by atoms with van der Waals surface area (Å²) >= 11 is 0. The molecule has 0 N–H and O–H groups in total. The molecule has 0 spiro atoms. The van der Waals surface area contributed by atoms with Crippen LogP contribution in [0.4, 0.5) is 4.39 Å². The van der Waals surface area contributed by atoms with Gasteiger partial charge >= 0.3 is 5.97 Å². The van der Waals surface area contributed by atoms with Crippen molar-refractivity contribution in [2.75, 3.05) is 19.5 Å². The summed E-state index contributed by atoms with van der Waals surface area (Å²) in [5, 5.41) is 0. The third kappa shape index (κ3) is 4.79. The van der Waals surface area contributed by atoms with Gasteiger partial charge in [-0.15, -0.1) is 0 Å². The van der Waals surface area contributed by atoms with Crippen LogP contribution in [0.2, 0.25) is 0 Å². The van der Waals surface area contributed by atoms with Gasteiger partial charge in [-0.05, 0) is 36.4 Å². The van der Waals surface area contributed by atoms with Gasteiger partial charge in [0.15, 0.2) is 9.84 Å². The SMILES string of the molecule is CS(=O)(=O)c1ccccc1C(=O)OCCOc1ccc(F)cc1. The van der Waals surface area contributed by atoms with E-state index in [1.54, 1.807) is 6.07 Å². The fourth-order valence-corrected chi connectivity index (χ4v) is 2.74. The lowest BCUT2D eigenvalue weighted by molar-refractivity contribution is 0.0446. The lowest BCUT2D eigenvalue weighted by atomic mass is 10.2. The highest BCUT2D eigenvalue weighted by molar-refractivity contribution is 7.90. The molecule has 0 saturated heterocycles. The van der Waals surface area contributed by atoms with Crippen LogP contribution in [0.5, 0.6) is 5.75 Å². The number of ether oxygens (including phenoxy) is 2. The van der Waals surface area contributed by atoms with E-state index >= 15 is 0 Å². The summed E-state index contributed by atoms with van der Waals surface area (Å²) in [6.07, 6.45) is 1.02. The molecule has 0 aliphatic carbocycles. The Morgan fingerprint density at radius 2 is 1.70 bits per heavy atom. The average Bonchev–Trinajstić information content (AvgIpc) is 2.52. The van der Waals surface area contributed by atoms with Crippen molar-refractivity contribution < 1.29 is 27.1 Å².